The van der Waals surface area contributed by atoms with Crippen LogP contribution in [-0.2, 0) is 60.8 Å². The van der Waals surface area contributed by atoms with Gasteiger partial charge in [0.25, 0.3) is 0 Å². The summed E-state index contributed by atoms with van der Waals surface area (Å²) < 4.78 is 0. The Labute approximate surface area is 458 Å². The second-order valence-electron chi connectivity index (χ2n) is 19.4. The van der Waals surface area contributed by atoms with Gasteiger partial charge in [-0.1, -0.05) is 44.5 Å². The van der Waals surface area contributed by atoms with E-state index in [9.17, 15) is 73.5 Å². The van der Waals surface area contributed by atoms with Crippen LogP contribution in [0.3, 0.4) is 0 Å². The SMILES string of the molecule is CC[C@H](C)[C@H](NC(=O)[C@H](Cc1ccc(O)cc1)NC(=O)[C@H](Cc1ccc(O)cc1)NC(=O)CNC(=O)[C@H](C)NC(=O)[C@@H]1CCCN1)C(=O)N[C@@H](CO)C(=O)N[C@@H](CCCCN)C(=O)N[C@@H](CCCCN)C(=O)N[C@@H](CO)C(=O)O. The highest BCUT2D eigenvalue weighted by atomic mass is 16.4. The predicted octanol–water partition coefficient (Wildman–Crippen LogP) is -3.98. The molecule has 10 atom stereocenters. The van der Waals surface area contributed by atoms with Crippen molar-refractivity contribution < 1.29 is 73.5 Å². The first kappa shape index (κ1) is 65.8. The van der Waals surface area contributed by atoms with Gasteiger partial charge in [-0.3, -0.25) is 43.2 Å². The first-order chi connectivity index (χ1) is 37.6. The van der Waals surface area contributed by atoms with Gasteiger partial charge < -0.3 is 90.2 Å². The number of carbonyl (C=O) groups is 10. The second kappa shape index (κ2) is 34.4. The van der Waals surface area contributed by atoms with Crippen LogP contribution in [-0.4, -0.2) is 178 Å². The van der Waals surface area contributed by atoms with E-state index in [0.717, 1.165) is 6.42 Å². The molecule has 79 heavy (non-hydrogen) atoms. The fourth-order valence-electron chi connectivity index (χ4n) is 8.22. The second-order valence-corrected chi connectivity index (χ2v) is 19.4. The first-order valence-corrected chi connectivity index (χ1v) is 26.5. The van der Waals surface area contributed by atoms with E-state index < -0.39 is 133 Å². The minimum absolute atomic E-state index is 0.00740. The maximum atomic E-state index is 14.5. The molecular formula is C52H80N12O15. The number of unbranched alkanes of at least 4 members (excludes halogenated alkanes) is 2. The van der Waals surface area contributed by atoms with E-state index in [1.165, 1.54) is 55.5 Å². The van der Waals surface area contributed by atoms with Gasteiger partial charge in [0.2, 0.25) is 53.2 Å². The summed E-state index contributed by atoms with van der Waals surface area (Å²) >= 11 is 0. The molecule has 1 heterocycles. The highest BCUT2D eigenvalue weighted by Crippen LogP contribution is 2.16. The summed E-state index contributed by atoms with van der Waals surface area (Å²) in [7, 11) is 0. The molecule has 0 radical (unpaired) electrons. The van der Waals surface area contributed by atoms with E-state index in [4.69, 9.17) is 11.5 Å². The van der Waals surface area contributed by atoms with Crippen molar-refractivity contribution in [3.8, 4) is 11.5 Å². The largest absolute Gasteiger partial charge is 0.508 e. The third-order valence-corrected chi connectivity index (χ3v) is 13.2. The van der Waals surface area contributed by atoms with Crippen molar-refractivity contribution in [2.75, 3.05) is 39.4 Å². The molecule has 0 aromatic heterocycles. The molecule has 1 fully saturated rings. The Balaban J connectivity index is 1.86. The summed E-state index contributed by atoms with van der Waals surface area (Å²) in [6.45, 7) is 3.36. The molecule has 0 unspecified atom stereocenters. The summed E-state index contributed by atoms with van der Waals surface area (Å²) in [5.41, 5.74) is 12.2. The molecule has 19 N–H and O–H groups in total. The van der Waals surface area contributed by atoms with Crippen LogP contribution in [0.4, 0.5) is 0 Å². The van der Waals surface area contributed by atoms with Crippen LogP contribution in [0.1, 0.15) is 89.7 Å². The molecule has 0 spiro atoms. The number of nitrogens with two attached hydrogens (primary N) is 2. The number of aliphatic hydroxyl groups is 2. The number of amides is 9. The Hall–Kier alpha value is -7.46. The van der Waals surface area contributed by atoms with Crippen LogP contribution in [0.25, 0.3) is 0 Å². The van der Waals surface area contributed by atoms with E-state index in [2.05, 4.69) is 53.2 Å². The van der Waals surface area contributed by atoms with Crippen molar-refractivity contribution in [3.63, 3.8) is 0 Å². The van der Waals surface area contributed by atoms with Crippen LogP contribution < -0.4 is 64.6 Å². The number of carbonyl (C=O) groups excluding carboxylic acids is 9. The van der Waals surface area contributed by atoms with E-state index in [1.807, 2.05) is 0 Å². The van der Waals surface area contributed by atoms with Crippen LogP contribution >= 0.6 is 0 Å². The van der Waals surface area contributed by atoms with Gasteiger partial charge in [0, 0.05) is 12.8 Å². The number of aliphatic hydroxyl groups excluding tert-OH is 2. The molecule has 1 aliphatic rings. The molecule has 1 saturated heterocycles. The van der Waals surface area contributed by atoms with Crippen LogP contribution in [0.5, 0.6) is 11.5 Å². The molecule has 9 amide bonds. The van der Waals surface area contributed by atoms with E-state index in [0.29, 0.717) is 49.8 Å². The van der Waals surface area contributed by atoms with Gasteiger partial charge in [-0.05, 0) is 119 Å². The first-order valence-electron chi connectivity index (χ1n) is 26.5. The molecule has 3 rings (SSSR count). The lowest BCUT2D eigenvalue weighted by molar-refractivity contribution is -0.143. The Bertz CT molecular complexity index is 2340. The highest BCUT2D eigenvalue weighted by molar-refractivity contribution is 5.98. The molecule has 2 aromatic carbocycles. The summed E-state index contributed by atoms with van der Waals surface area (Å²) in [5.74, 6) is -9.81. The molecule has 438 valence electrons. The summed E-state index contributed by atoms with van der Waals surface area (Å²) in [6.07, 6.45) is 2.73. The number of hydrogen-bond acceptors (Lipinski definition) is 17. The van der Waals surface area contributed by atoms with Gasteiger partial charge in [0.15, 0.2) is 0 Å². The van der Waals surface area contributed by atoms with Gasteiger partial charge in [0.05, 0.1) is 25.8 Å². The number of carboxylic acids is 1. The Morgan fingerprint density at radius 3 is 1.47 bits per heavy atom. The van der Waals surface area contributed by atoms with Crippen molar-refractivity contribution >= 4 is 59.1 Å². The zero-order valence-corrected chi connectivity index (χ0v) is 44.9. The Kier molecular flexibility index (Phi) is 28.7. The normalized spacial score (nSPS) is 16.4. The quantitative estimate of drug-likeness (QED) is 0.0293. The monoisotopic (exact) mass is 1110 g/mol. The van der Waals surface area contributed by atoms with Crippen molar-refractivity contribution in [1.82, 2.24) is 53.2 Å². The third kappa shape index (κ3) is 22.8. The van der Waals surface area contributed by atoms with Crippen LogP contribution in [0.15, 0.2) is 48.5 Å². The zero-order valence-electron chi connectivity index (χ0n) is 44.9. The smallest absolute Gasteiger partial charge is 0.328 e. The molecule has 1 aliphatic heterocycles. The van der Waals surface area contributed by atoms with E-state index >= 15 is 0 Å². The fraction of sp³-hybridized carbons (Fsp3) is 0.577. The van der Waals surface area contributed by atoms with Crippen LogP contribution in [0, 0.1) is 5.92 Å². The van der Waals surface area contributed by atoms with Gasteiger partial charge >= 0.3 is 5.97 Å². The minimum atomic E-state index is -1.72. The number of aliphatic carboxylic acids is 1. The number of aromatic hydroxyl groups is 2. The molecule has 27 heteroatoms. The fourth-order valence-corrected chi connectivity index (χ4v) is 8.22. The van der Waals surface area contributed by atoms with Crippen molar-refractivity contribution in [2.45, 2.75) is 146 Å². The molecule has 0 aliphatic carbocycles. The number of phenolic OH excluding ortho intramolecular Hbond substituents is 2. The van der Waals surface area contributed by atoms with Crippen molar-refractivity contribution in [3.05, 3.63) is 59.7 Å². The number of rotatable bonds is 35. The Morgan fingerprint density at radius 1 is 0.570 bits per heavy atom. The third-order valence-electron chi connectivity index (χ3n) is 13.2. The molecular weight excluding hydrogens is 1030 g/mol. The lowest BCUT2D eigenvalue weighted by Crippen LogP contribution is -2.62. The zero-order chi connectivity index (χ0) is 58.6. The maximum absolute atomic E-state index is 14.5. The number of carboxylic acid groups (broad SMARTS) is 1. The van der Waals surface area contributed by atoms with Gasteiger partial charge in [-0.2, -0.15) is 0 Å². The summed E-state index contributed by atoms with van der Waals surface area (Å²) in [4.78, 5) is 134. The standard InChI is InChI=1S/C52H80N12O15/c1-4-29(2)43(51(77)62-40(27-65)50(76)60-36(10-5-7-21-53)46(72)59-37(11-6-8-22-54)47(73)63-41(28-66)52(78)79)64-49(75)39(25-32-15-19-34(68)20-16-32)61-48(74)38(24-31-13-17-33(67)18-14-31)58-42(69)26-56-44(70)30(3)57-45(71)35-12-9-23-55-35/h13-20,29-30,35-41,43,55,65-68H,4-12,21-28,53-54H2,1-3H3,(H,56,70)(H,57,71)(H,58,69)(H,59,72)(H,60,76)(H,61,74)(H,62,77)(H,63,73)(H,64,75)(H,78,79)/t29-,30-,35-,36-,37-,38-,39-,40-,41-,43-/m0/s1. The minimum Gasteiger partial charge on any atom is -0.508 e. The van der Waals surface area contributed by atoms with Crippen LogP contribution in [0.2, 0.25) is 0 Å². The average molecular weight is 1110 g/mol. The molecule has 0 saturated carbocycles. The van der Waals surface area contributed by atoms with Gasteiger partial charge in [0.1, 0.15) is 59.8 Å². The average Bonchev–Trinajstić information content (AvgIpc) is 3.98. The van der Waals surface area contributed by atoms with Gasteiger partial charge in [-0.15, -0.1) is 0 Å². The van der Waals surface area contributed by atoms with E-state index in [1.54, 1.807) is 13.8 Å². The number of phenols is 2. The number of benzene rings is 2. The summed E-state index contributed by atoms with van der Waals surface area (Å²) in [6, 6.07) is -0.480. The lowest BCUT2D eigenvalue weighted by Gasteiger charge is -2.29. The molecule has 27 nitrogen and oxygen atoms in total. The topological polar surface area (TPSA) is 444 Å². The predicted molar refractivity (Wildman–Crippen MR) is 286 cm³/mol. The van der Waals surface area contributed by atoms with Crippen molar-refractivity contribution in [2.24, 2.45) is 17.4 Å². The summed E-state index contributed by atoms with van der Waals surface area (Å²) in [5, 5.41) is 74.9. The number of nitrogens with one attached hydrogen (secondary N) is 10. The van der Waals surface area contributed by atoms with E-state index in [-0.39, 0.29) is 62.6 Å². The van der Waals surface area contributed by atoms with Gasteiger partial charge in [-0.25, -0.2) is 4.79 Å². The Morgan fingerprint density at radius 2 is 1.01 bits per heavy atom. The van der Waals surface area contributed by atoms with Crippen molar-refractivity contribution in [1.29, 1.82) is 0 Å². The highest BCUT2D eigenvalue weighted by Gasteiger charge is 2.36. The lowest BCUT2D eigenvalue weighted by atomic mass is 9.96. The maximum Gasteiger partial charge on any atom is 0.328 e. The molecule has 0 bridgehead atoms. The molecule has 2 aromatic rings. The number of hydrogen-bond donors (Lipinski definition) is 17.